The molecule has 0 heterocycles. The van der Waals surface area contributed by atoms with Crippen LogP contribution in [-0.4, -0.2) is 11.3 Å². The van der Waals surface area contributed by atoms with E-state index >= 15 is 0 Å². The SMILES string of the molecule is CC(C)Cc1cccc(C2(O)CCC(C(F)(F)F)CC2)c1. The fourth-order valence-electron chi connectivity index (χ4n) is 3.17. The molecule has 0 unspecified atom stereocenters. The van der Waals surface area contributed by atoms with Crippen LogP contribution in [0.25, 0.3) is 0 Å². The molecule has 1 fully saturated rings. The normalized spacial score (nSPS) is 27.1. The van der Waals surface area contributed by atoms with Crippen LogP contribution in [0, 0.1) is 11.8 Å². The van der Waals surface area contributed by atoms with Gasteiger partial charge in [0.05, 0.1) is 11.5 Å². The quantitative estimate of drug-likeness (QED) is 0.848. The maximum absolute atomic E-state index is 12.7. The second-order valence-corrected chi connectivity index (χ2v) is 6.65. The largest absolute Gasteiger partial charge is 0.391 e. The number of aliphatic hydroxyl groups is 1. The molecule has 21 heavy (non-hydrogen) atoms. The molecule has 1 aromatic carbocycles. The van der Waals surface area contributed by atoms with Crippen molar-refractivity contribution in [2.24, 2.45) is 11.8 Å². The molecule has 0 aliphatic heterocycles. The van der Waals surface area contributed by atoms with Crippen LogP contribution in [0.2, 0.25) is 0 Å². The minimum absolute atomic E-state index is 0.00834. The van der Waals surface area contributed by atoms with E-state index in [0.717, 1.165) is 17.5 Å². The van der Waals surface area contributed by atoms with Gasteiger partial charge in [0.15, 0.2) is 0 Å². The predicted molar refractivity (Wildman–Crippen MR) is 76.9 cm³/mol. The van der Waals surface area contributed by atoms with Crippen molar-refractivity contribution in [2.75, 3.05) is 0 Å². The summed E-state index contributed by atoms with van der Waals surface area (Å²) in [6.07, 6.45) is -2.84. The third kappa shape index (κ3) is 4.00. The van der Waals surface area contributed by atoms with Crippen LogP contribution in [0.1, 0.15) is 50.7 Å². The molecule has 118 valence electrons. The van der Waals surface area contributed by atoms with Crippen molar-refractivity contribution in [3.8, 4) is 0 Å². The third-order valence-electron chi connectivity index (χ3n) is 4.38. The van der Waals surface area contributed by atoms with E-state index in [4.69, 9.17) is 0 Å². The molecule has 1 N–H and O–H groups in total. The average Bonchev–Trinajstić information content (AvgIpc) is 2.37. The number of halogens is 3. The van der Waals surface area contributed by atoms with Crippen LogP contribution in [-0.2, 0) is 12.0 Å². The van der Waals surface area contributed by atoms with Crippen LogP contribution in [0.3, 0.4) is 0 Å². The van der Waals surface area contributed by atoms with Crippen LogP contribution in [0.4, 0.5) is 13.2 Å². The smallest absolute Gasteiger partial charge is 0.385 e. The van der Waals surface area contributed by atoms with E-state index in [2.05, 4.69) is 13.8 Å². The summed E-state index contributed by atoms with van der Waals surface area (Å²) in [5, 5.41) is 10.7. The maximum Gasteiger partial charge on any atom is 0.391 e. The molecule has 1 aliphatic carbocycles. The Bertz CT molecular complexity index is 471. The minimum Gasteiger partial charge on any atom is -0.385 e. The molecule has 4 heteroatoms. The molecule has 0 amide bonds. The molecule has 2 rings (SSSR count). The van der Waals surface area contributed by atoms with Crippen LogP contribution in [0.15, 0.2) is 24.3 Å². The van der Waals surface area contributed by atoms with Crippen molar-refractivity contribution in [3.63, 3.8) is 0 Å². The Kier molecular flexibility index (Phi) is 4.66. The van der Waals surface area contributed by atoms with Gasteiger partial charge in [-0.3, -0.25) is 0 Å². The third-order valence-corrected chi connectivity index (χ3v) is 4.38. The van der Waals surface area contributed by atoms with E-state index in [-0.39, 0.29) is 25.7 Å². The van der Waals surface area contributed by atoms with Gasteiger partial charge in [-0.05, 0) is 49.1 Å². The van der Waals surface area contributed by atoms with Gasteiger partial charge in [0.25, 0.3) is 0 Å². The number of hydrogen-bond donors (Lipinski definition) is 1. The van der Waals surface area contributed by atoms with Crippen molar-refractivity contribution < 1.29 is 18.3 Å². The summed E-state index contributed by atoms with van der Waals surface area (Å²) < 4.78 is 38.2. The van der Waals surface area contributed by atoms with Gasteiger partial charge in [-0.15, -0.1) is 0 Å². The predicted octanol–water partition coefficient (Wildman–Crippen LogP) is 4.83. The molecule has 1 nitrogen and oxygen atoms in total. The van der Waals surface area contributed by atoms with Crippen molar-refractivity contribution >= 4 is 0 Å². The molecule has 1 aromatic rings. The van der Waals surface area contributed by atoms with E-state index < -0.39 is 17.7 Å². The zero-order chi connectivity index (χ0) is 15.7. The molecule has 0 aromatic heterocycles. The minimum atomic E-state index is -4.14. The molecular weight excluding hydrogens is 277 g/mol. The zero-order valence-electron chi connectivity index (χ0n) is 12.6. The van der Waals surface area contributed by atoms with Crippen molar-refractivity contribution in [1.29, 1.82) is 0 Å². The van der Waals surface area contributed by atoms with Crippen LogP contribution >= 0.6 is 0 Å². The summed E-state index contributed by atoms with van der Waals surface area (Å²) >= 11 is 0. The fraction of sp³-hybridized carbons (Fsp3) is 0.647. The number of benzene rings is 1. The lowest BCUT2D eigenvalue weighted by atomic mass is 9.74. The van der Waals surface area contributed by atoms with Crippen molar-refractivity contribution in [2.45, 2.75) is 57.7 Å². The number of alkyl halides is 3. The Labute approximate surface area is 124 Å². The molecule has 0 saturated heterocycles. The van der Waals surface area contributed by atoms with E-state index in [1.807, 2.05) is 24.3 Å². The van der Waals surface area contributed by atoms with Gasteiger partial charge < -0.3 is 5.11 Å². The first-order chi connectivity index (χ1) is 9.71. The van der Waals surface area contributed by atoms with Crippen molar-refractivity contribution in [3.05, 3.63) is 35.4 Å². The van der Waals surface area contributed by atoms with Crippen LogP contribution < -0.4 is 0 Å². The van der Waals surface area contributed by atoms with Gasteiger partial charge in [0.1, 0.15) is 0 Å². The average molecular weight is 300 g/mol. The summed E-state index contributed by atoms with van der Waals surface area (Å²) in [7, 11) is 0. The standard InChI is InChI=1S/C17H23F3O/c1-12(2)10-13-4-3-5-15(11-13)16(21)8-6-14(7-9-16)17(18,19)20/h3-5,11-12,14,21H,6-10H2,1-2H3. The first kappa shape index (κ1) is 16.3. The van der Waals surface area contributed by atoms with E-state index in [9.17, 15) is 18.3 Å². The Morgan fingerprint density at radius 1 is 1.24 bits per heavy atom. The Balaban J connectivity index is 2.11. The fourth-order valence-corrected chi connectivity index (χ4v) is 3.17. The lowest BCUT2D eigenvalue weighted by Gasteiger charge is -2.37. The Morgan fingerprint density at radius 2 is 1.86 bits per heavy atom. The molecule has 1 saturated carbocycles. The first-order valence-electron chi connectivity index (χ1n) is 7.59. The summed E-state index contributed by atoms with van der Waals surface area (Å²) in [4.78, 5) is 0. The molecule has 0 atom stereocenters. The van der Waals surface area contributed by atoms with Gasteiger partial charge in [0.2, 0.25) is 0 Å². The van der Waals surface area contributed by atoms with Crippen LogP contribution in [0.5, 0.6) is 0 Å². The second-order valence-electron chi connectivity index (χ2n) is 6.65. The molecule has 0 bridgehead atoms. The number of hydrogen-bond acceptors (Lipinski definition) is 1. The molecular formula is C17H23F3O. The zero-order valence-corrected chi connectivity index (χ0v) is 12.6. The molecule has 1 aliphatic rings. The van der Waals surface area contributed by atoms with Gasteiger partial charge >= 0.3 is 6.18 Å². The Hall–Kier alpha value is -1.03. The summed E-state index contributed by atoms with van der Waals surface area (Å²) in [6.45, 7) is 4.24. The lowest BCUT2D eigenvalue weighted by Crippen LogP contribution is -2.36. The highest BCUT2D eigenvalue weighted by Crippen LogP contribution is 2.45. The molecule has 0 spiro atoms. The van der Waals surface area contributed by atoms with E-state index in [1.54, 1.807) is 0 Å². The summed E-state index contributed by atoms with van der Waals surface area (Å²) in [5.41, 5.74) is 0.796. The maximum atomic E-state index is 12.7. The number of rotatable bonds is 3. The Morgan fingerprint density at radius 3 is 2.38 bits per heavy atom. The van der Waals surface area contributed by atoms with Crippen molar-refractivity contribution in [1.82, 2.24) is 0 Å². The summed E-state index contributed by atoms with van der Waals surface area (Å²) in [5.74, 6) is -0.757. The summed E-state index contributed by atoms with van der Waals surface area (Å²) in [6, 6.07) is 7.68. The highest BCUT2D eigenvalue weighted by Gasteiger charge is 2.45. The van der Waals surface area contributed by atoms with Gasteiger partial charge in [-0.1, -0.05) is 38.1 Å². The van der Waals surface area contributed by atoms with Gasteiger partial charge in [-0.25, -0.2) is 0 Å². The van der Waals surface area contributed by atoms with Gasteiger partial charge in [0, 0.05) is 0 Å². The molecule has 0 radical (unpaired) electrons. The van der Waals surface area contributed by atoms with E-state index in [0.29, 0.717) is 5.92 Å². The second kappa shape index (κ2) is 5.99. The topological polar surface area (TPSA) is 20.2 Å². The lowest BCUT2D eigenvalue weighted by molar-refractivity contribution is -0.193. The first-order valence-corrected chi connectivity index (χ1v) is 7.59. The van der Waals surface area contributed by atoms with E-state index in [1.165, 1.54) is 0 Å². The monoisotopic (exact) mass is 300 g/mol. The highest BCUT2D eigenvalue weighted by atomic mass is 19.4. The highest BCUT2D eigenvalue weighted by molar-refractivity contribution is 5.29. The van der Waals surface area contributed by atoms with Gasteiger partial charge in [-0.2, -0.15) is 13.2 Å².